The Labute approximate surface area is 369 Å². The summed E-state index contributed by atoms with van der Waals surface area (Å²) in [4.78, 5) is 12.5. The van der Waals surface area contributed by atoms with Crippen molar-refractivity contribution >= 4 is 5.91 Å². The molecule has 0 radical (unpaired) electrons. The predicted molar refractivity (Wildman–Crippen MR) is 259 cm³/mol. The second-order valence-electron chi connectivity index (χ2n) is 18.8. The van der Waals surface area contributed by atoms with E-state index in [1.807, 2.05) is 0 Å². The first kappa shape index (κ1) is 58.1. The summed E-state index contributed by atoms with van der Waals surface area (Å²) < 4.78 is 0. The van der Waals surface area contributed by atoms with Crippen molar-refractivity contribution in [2.45, 2.75) is 321 Å². The Morgan fingerprint density at radius 2 is 0.678 bits per heavy atom. The van der Waals surface area contributed by atoms with Crippen LogP contribution in [0, 0.1) is 0 Å². The molecule has 4 N–H and O–H groups in total. The van der Waals surface area contributed by atoms with Crippen molar-refractivity contribution in [2.75, 3.05) is 6.61 Å². The molecule has 0 aromatic rings. The van der Waals surface area contributed by atoms with E-state index in [-0.39, 0.29) is 18.9 Å². The number of carbonyl (C=O) groups excluding carboxylic acids is 1. The molecule has 5 heteroatoms. The number of aliphatic hydroxyl groups is 3. The minimum absolute atomic E-state index is 0.0407. The van der Waals surface area contributed by atoms with Crippen molar-refractivity contribution < 1.29 is 20.1 Å². The van der Waals surface area contributed by atoms with Gasteiger partial charge in [-0.1, -0.05) is 270 Å². The monoisotopic (exact) mass is 834 g/mol. The number of nitrogens with one attached hydrogen (secondary N) is 1. The number of amides is 1. The first-order valence-electron chi connectivity index (χ1n) is 27.0. The second kappa shape index (κ2) is 49.7. The highest BCUT2D eigenvalue weighted by atomic mass is 16.3. The lowest BCUT2D eigenvalue weighted by Crippen LogP contribution is -2.46. The van der Waals surface area contributed by atoms with Crippen LogP contribution in [-0.4, -0.2) is 46.1 Å². The summed E-state index contributed by atoms with van der Waals surface area (Å²) in [5, 5.41) is 33.5. The van der Waals surface area contributed by atoms with Gasteiger partial charge in [0.1, 0.15) is 0 Å². The molecule has 0 heterocycles. The van der Waals surface area contributed by atoms with E-state index in [1.54, 1.807) is 0 Å². The van der Waals surface area contributed by atoms with Crippen LogP contribution in [0.25, 0.3) is 0 Å². The second-order valence-corrected chi connectivity index (χ2v) is 18.8. The molecule has 3 unspecified atom stereocenters. The molecule has 0 aliphatic rings. The van der Waals surface area contributed by atoms with Crippen LogP contribution in [0.5, 0.6) is 0 Å². The lowest BCUT2D eigenvalue weighted by atomic mass is 10.0. The van der Waals surface area contributed by atoms with Gasteiger partial charge in [-0.2, -0.15) is 0 Å². The zero-order valence-corrected chi connectivity index (χ0v) is 40.2. The minimum Gasteiger partial charge on any atom is -0.394 e. The van der Waals surface area contributed by atoms with Gasteiger partial charge in [0.2, 0.25) is 5.91 Å². The van der Waals surface area contributed by atoms with Crippen LogP contribution in [0.4, 0.5) is 0 Å². The number of unbranched alkanes of at least 4 members (excludes halogenated alkanes) is 39. The van der Waals surface area contributed by atoms with E-state index in [2.05, 4.69) is 31.3 Å². The van der Waals surface area contributed by atoms with Gasteiger partial charge in [0.15, 0.2) is 0 Å². The molecule has 0 aliphatic heterocycles. The van der Waals surface area contributed by atoms with Gasteiger partial charge in [-0.3, -0.25) is 4.79 Å². The van der Waals surface area contributed by atoms with Crippen molar-refractivity contribution in [2.24, 2.45) is 0 Å². The third-order valence-corrected chi connectivity index (χ3v) is 12.8. The highest BCUT2D eigenvalue weighted by Gasteiger charge is 2.21. The lowest BCUT2D eigenvalue weighted by Gasteiger charge is -2.23. The molecule has 0 aromatic heterocycles. The Morgan fingerprint density at radius 1 is 0.407 bits per heavy atom. The average molecular weight is 834 g/mol. The molecule has 59 heavy (non-hydrogen) atoms. The first-order valence-corrected chi connectivity index (χ1v) is 27.0. The van der Waals surface area contributed by atoms with E-state index in [4.69, 9.17) is 0 Å². The van der Waals surface area contributed by atoms with Gasteiger partial charge in [0, 0.05) is 0 Å². The Balaban J connectivity index is 3.48. The summed E-state index contributed by atoms with van der Waals surface area (Å²) in [6, 6.07) is -0.655. The molecule has 0 aliphatic carbocycles. The summed E-state index contributed by atoms with van der Waals surface area (Å²) in [7, 11) is 0. The number of carbonyl (C=O) groups is 1. The normalized spacial score (nSPS) is 13.4. The van der Waals surface area contributed by atoms with Crippen molar-refractivity contribution in [3.63, 3.8) is 0 Å². The summed E-state index contributed by atoms with van der Waals surface area (Å²) in [6.45, 7) is 4.29. The van der Waals surface area contributed by atoms with Gasteiger partial charge in [-0.15, -0.1) is 0 Å². The van der Waals surface area contributed by atoms with E-state index < -0.39 is 18.2 Å². The third kappa shape index (κ3) is 46.4. The fraction of sp³-hybridized carbons (Fsp3) is 0.944. The maximum atomic E-state index is 12.5. The van der Waals surface area contributed by atoms with Gasteiger partial charge < -0.3 is 20.6 Å². The standard InChI is InChI=1S/C54H107NO4/c1-3-5-7-9-11-13-15-17-19-20-21-22-23-24-25-26-27-28-29-30-31-32-33-34-35-37-39-41-43-45-47-51(57)49-54(59)55-52(50-56)53(58)48-46-44-42-40-38-36-18-16-14-12-10-8-6-4-2/h24-25,51-53,56-58H,3-23,26-50H2,1-2H3,(H,55,59)/b25-24-. The maximum Gasteiger partial charge on any atom is 0.222 e. The van der Waals surface area contributed by atoms with Gasteiger partial charge in [0.05, 0.1) is 31.3 Å². The van der Waals surface area contributed by atoms with Crippen molar-refractivity contribution in [3.8, 4) is 0 Å². The zero-order valence-electron chi connectivity index (χ0n) is 40.2. The van der Waals surface area contributed by atoms with Crippen molar-refractivity contribution in [1.29, 1.82) is 0 Å². The fourth-order valence-corrected chi connectivity index (χ4v) is 8.70. The van der Waals surface area contributed by atoms with Crippen LogP contribution in [0.3, 0.4) is 0 Å². The molecule has 5 nitrogen and oxygen atoms in total. The Bertz CT molecular complexity index is 833. The predicted octanol–water partition coefficient (Wildman–Crippen LogP) is 16.3. The number of aliphatic hydroxyl groups excluding tert-OH is 3. The molecular weight excluding hydrogens is 727 g/mol. The highest BCUT2D eigenvalue weighted by molar-refractivity contribution is 5.76. The Hall–Kier alpha value is -0.910. The van der Waals surface area contributed by atoms with Crippen molar-refractivity contribution in [1.82, 2.24) is 5.32 Å². The molecule has 0 saturated heterocycles. The molecule has 0 aromatic carbocycles. The molecule has 3 atom stereocenters. The van der Waals surface area contributed by atoms with Crippen LogP contribution in [-0.2, 0) is 4.79 Å². The van der Waals surface area contributed by atoms with Gasteiger partial charge in [-0.25, -0.2) is 0 Å². The first-order chi connectivity index (χ1) is 29.0. The zero-order chi connectivity index (χ0) is 43.0. The number of allylic oxidation sites excluding steroid dienone is 2. The van der Waals surface area contributed by atoms with E-state index in [0.29, 0.717) is 12.8 Å². The number of hydrogen-bond donors (Lipinski definition) is 4. The van der Waals surface area contributed by atoms with Gasteiger partial charge in [-0.05, 0) is 38.5 Å². The molecule has 0 saturated carbocycles. The molecule has 0 bridgehead atoms. The van der Waals surface area contributed by atoms with Crippen molar-refractivity contribution in [3.05, 3.63) is 12.2 Å². The largest absolute Gasteiger partial charge is 0.394 e. The molecule has 352 valence electrons. The molecular formula is C54H107NO4. The van der Waals surface area contributed by atoms with Crippen LogP contribution in [0.15, 0.2) is 12.2 Å². The van der Waals surface area contributed by atoms with Crippen LogP contribution < -0.4 is 5.32 Å². The van der Waals surface area contributed by atoms with E-state index in [1.165, 1.54) is 244 Å². The quantitative estimate of drug-likeness (QED) is 0.0363. The van der Waals surface area contributed by atoms with Crippen LogP contribution >= 0.6 is 0 Å². The summed E-state index contributed by atoms with van der Waals surface area (Å²) in [5.74, 6) is -0.278. The van der Waals surface area contributed by atoms with Gasteiger partial charge in [0.25, 0.3) is 0 Å². The Kier molecular flexibility index (Phi) is 49.0. The number of hydrogen-bond acceptors (Lipinski definition) is 4. The molecule has 0 spiro atoms. The topological polar surface area (TPSA) is 89.8 Å². The highest BCUT2D eigenvalue weighted by Crippen LogP contribution is 2.18. The third-order valence-electron chi connectivity index (χ3n) is 12.8. The van der Waals surface area contributed by atoms with E-state index in [9.17, 15) is 20.1 Å². The van der Waals surface area contributed by atoms with E-state index in [0.717, 1.165) is 25.7 Å². The summed E-state index contributed by atoms with van der Waals surface area (Å²) >= 11 is 0. The Morgan fingerprint density at radius 3 is 0.983 bits per heavy atom. The maximum absolute atomic E-state index is 12.5. The molecule has 0 fully saturated rings. The van der Waals surface area contributed by atoms with Gasteiger partial charge >= 0.3 is 0 Å². The number of rotatable bonds is 50. The lowest BCUT2D eigenvalue weighted by molar-refractivity contribution is -0.125. The smallest absolute Gasteiger partial charge is 0.222 e. The van der Waals surface area contributed by atoms with E-state index >= 15 is 0 Å². The minimum atomic E-state index is -0.746. The average Bonchev–Trinajstić information content (AvgIpc) is 3.23. The summed E-state index contributed by atoms with van der Waals surface area (Å²) in [6.07, 6.45) is 60.8. The molecule has 0 rings (SSSR count). The van der Waals surface area contributed by atoms with Crippen LogP contribution in [0.1, 0.15) is 303 Å². The van der Waals surface area contributed by atoms with Crippen LogP contribution in [0.2, 0.25) is 0 Å². The SMILES string of the molecule is CCCCCCCCCCCCCC/C=C\CCCCCCCCCCCCCCCCC(O)CC(=O)NC(CO)C(O)CCCCCCCCCCCCCCCC. The summed E-state index contributed by atoms with van der Waals surface area (Å²) in [5.41, 5.74) is 0. The molecule has 1 amide bonds. The fourth-order valence-electron chi connectivity index (χ4n) is 8.70.